The fourth-order valence-electron chi connectivity index (χ4n) is 1.88. The molecule has 2 N–H and O–H groups in total. The summed E-state index contributed by atoms with van der Waals surface area (Å²) >= 11 is 0. The molecule has 3 nitrogen and oxygen atoms in total. The molecule has 2 aromatic rings. The molecule has 0 amide bonds. The Morgan fingerprint density at radius 2 is 1.86 bits per heavy atom. The van der Waals surface area contributed by atoms with Crippen LogP contribution in [0.5, 0.6) is 11.5 Å². The topological polar surface area (TPSA) is 44.5 Å². The number of methoxy groups -OCH3 is 1. The van der Waals surface area contributed by atoms with E-state index >= 15 is 0 Å². The minimum atomic E-state index is -0.208. The Kier molecular flexibility index (Phi) is 6.79. The molecule has 0 aromatic heterocycles. The highest BCUT2D eigenvalue weighted by molar-refractivity contribution is 5.85. The molecule has 0 spiro atoms. The summed E-state index contributed by atoms with van der Waals surface area (Å²) in [6, 6.07) is 15.5. The van der Waals surface area contributed by atoms with E-state index in [9.17, 15) is 0 Å². The minimum absolute atomic E-state index is 0. The zero-order valence-electron chi connectivity index (χ0n) is 12.0. The van der Waals surface area contributed by atoms with Gasteiger partial charge in [0.05, 0.1) is 7.11 Å². The van der Waals surface area contributed by atoms with E-state index in [1.807, 2.05) is 48.5 Å². The smallest absolute Gasteiger partial charge is 0.162 e. The number of ether oxygens (including phenoxy) is 2. The highest BCUT2D eigenvalue weighted by Gasteiger charge is 2.09. The summed E-state index contributed by atoms with van der Waals surface area (Å²) in [7, 11) is 1.62. The molecule has 0 heterocycles. The van der Waals surface area contributed by atoms with Crippen LogP contribution in [0.25, 0.3) is 0 Å². The fourth-order valence-corrected chi connectivity index (χ4v) is 1.88. The number of benzene rings is 2. The Morgan fingerprint density at radius 1 is 1.14 bits per heavy atom. The van der Waals surface area contributed by atoms with Crippen molar-refractivity contribution in [3.05, 3.63) is 72.3 Å². The van der Waals surface area contributed by atoms with Crippen LogP contribution in [-0.4, -0.2) is 7.11 Å². The van der Waals surface area contributed by atoms with Crippen LogP contribution in [0.4, 0.5) is 0 Å². The monoisotopic (exact) mass is 305 g/mol. The summed E-state index contributed by atoms with van der Waals surface area (Å²) in [5.41, 5.74) is 8.00. The molecule has 2 rings (SSSR count). The standard InChI is InChI=1S/C17H19NO2.ClH/c1-3-15(18)14-9-10-16(19-2)17(11-14)20-12-13-7-5-4-6-8-13;/h3-11,15H,1,12,18H2,2H3;1H/t15-;/m1./s1. The van der Waals surface area contributed by atoms with Crippen molar-refractivity contribution >= 4 is 12.4 Å². The SMILES string of the molecule is C=C[C@@H](N)c1ccc(OC)c(OCc2ccccc2)c1.Cl. The van der Waals surface area contributed by atoms with Crippen LogP contribution in [0, 0.1) is 0 Å². The van der Waals surface area contributed by atoms with E-state index in [1.165, 1.54) is 0 Å². The molecule has 1 atom stereocenters. The van der Waals surface area contributed by atoms with E-state index < -0.39 is 0 Å². The second kappa shape index (κ2) is 8.35. The third-order valence-corrected chi connectivity index (χ3v) is 3.06. The molecule has 112 valence electrons. The minimum Gasteiger partial charge on any atom is -0.493 e. The second-order valence-corrected chi connectivity index (χ2v) is 4.45. The van der Waals surface area contributed by atoms with Crippen molar-refractivity contribution in [3.8, 4) is 11.5 Å². The maximum Gasteiger partial charge on any atom is 0.162 e. The third-order valence-electron chi connectivity index (χ3n) is 3.06. The molecule has 0 saturated heterocycles. The highest BCUT2D eigenvalue weighted by Crippen LogP contribution is 2.30. The van der Waals surface area contributed by atoms with Gasteiger partial charge >= 0.3 is 0 Å². The van der Waals surface area contributed by atoms with Crippen molar-refractivity contribution in [1.29, 1.82) is 0 Å². The first-order valence-corrected chi connectivity index (χ1v) is 6.47. The molecule has 4 heteroatoms. The molecule has 2 aromatic carbocycles. The van der Waals surface area contributed by atoms with Crippen molar-refractivity contribution in [2.24, 2.45) is 5.73 Å². The summed E-state index contributed by atoms with van der Waals surface area (Å²) in [6.45, 7) is 4.20. The first-order valence-electron chi connectivity index (χ1n) is 6.47. The second-order valence-electron chi connectivity index (χ2n) is 4.45. The van der Waals surface area contributed by atoms with Crippen molar-refractivity contribution < 1.29 is 9.47 Å². The van der Waals surface area contributed by atoms with Crippen LogP contribution >= 0.6 is 12.4 Å². The first kappa shape index (κ1) is 17.1. The van der Waals surface area contributed by atoms with Crippen LogP contribution < -0.4 is 15.2 Å². The molecule has 0 unspecified atom stereocenters. The third kappa shape index (κ3) is 4.52. The Morgan fingerprint density at radius 3 is 2.48 bits per heavy atom. The van der Waals surface area contributed by atoms with E-state index in [4.69, 9.17) is 15.2 Å². The van der Waals surface area contributed by atoms with Gasteiger partial charge in [-0.05, 0) is 23.3 Å². The normalized spacial score (nSPS) is 11.1. The molecule has 0 aliphatic carbocycles. The van der Waals surface area contributed by atoms with Gasteiger partial charge in [0.15, 0.2) is 11.5 Å². The van der Waals surface area contributed by atoms with Gasteiger partial charge in [-0.3, -0.25) is 0 Å². The van der Waals surface area contributed by atoms with E-state index in [0.29, 0.717) is 18.1 Å². The molecular weight excluding hydrogens is 286 g/mol. The molecule has 0 aliphatic heterocycles. The lowest BCUT2D eigenvalue weighted by atomic mass is 10.1. The summed E-state index contributed by atoms with van der Waals surface area (Å²) < 4.78 is 11.1. The summed E-state index contributed by atoms with van der Waals surface area (Å²) in [6.07, 6.45) is 1.70. The van der Waals surface area contributed by atoms with Gasteiger partial charge in [-0.25, -0.2) is 0 Å². The van der Waals surface area contributed by atoms with Crippen molar-refractivity contribution in [3.63, 3.8) is 0 Å². The first-order chi connectivity index (χ1) is 9.74. The number of hydrogen-bond donors (Lipinski definition) is 1. The van der Waals surface area contributed by atoms with Crippen LogP contribution in [0.1, 0.15) is 17.2 Å². The number of halogens is 1. The summed E-state index contributed by atoms with van der Waals surface area (Å²) in [5.74, 6) is 1.38. The van der Waals surface area contributed by atoms with Crippen molar-refractivity contribution in [2.45, 2.75) is 12.6 Å². The van der Waals surface area contributed by atoms with Gasteiger partial charge in [-0.1, -0.05) is 42.5 Å². The lowest BCUT2D eigenvalue weighted by Gasteiger charge is -2.14. The van der Waals surface area contributed by atoms with Crippen LogP contribution in [0.2, 0.25) is 0 Å². The Bertz CT molecular complexity index is 572. The van der Waals surface area contributed by atoms with E-state index in [2.05, 4.69) is 6.58 Å². The summed E-state index contributed by atoms with van der Waals surface area (Å²) in [5, 5.41) is 0. The number of rotatable bonds is 6. The Hall–Kier alpha value is -1.97. The Labute approximate surface area is 131 Å². The van der Waals surface area contributed by atoms with Gasteiger partial charge in [-0.15, -0.1) is 19.0 Å². The maximum absolute atomic E-state index is 5.95. The van der Waals surface area contributed by atoms with Crippen LogP contribution in [0.15, 0.2) is 61.2 Å². The molecule has 0 bridgehead atoms. The molecule has 0 aliphatic rings. The van der Waals surface area contributed by atoms with E-state index in [0.717, 1.165) is 11.1 Å². The average molecular weight is 306 g/mol. The summed E-state index contributed by atoms with van der Waals surface area (Å²) in [4.78, 5) is 0. The van der Waals surface area contributed by atoms with Gasteiger partial charge in [0.2, 0.25) is 0 Å². The van der Waals surface area contributed by atoms with E-state index in [-0.39, 0.29) is 18.4 Å². The van der Waals surface area contributed by atoms with Gasteiger partial charge < -0.3 is 15.2 Å². The quantitative estimate of drug-likeness (QED) is 0.824. The van der Waals surface area contributed by atoms with Gasteiger partial charge in [0, 0.05) is 6.04 Å². The maximum atomic E-state index is 5.95. The van der Waals surface area contributed by atoms with Crippen LogP contribution in [0.3, 0.4) is 0 Å². The van der Waals surface area contributed by atoms with Gasteiger partial charge in [0.25, 0.3) is 0 Å². The molecule has 21 heavy (non-hydrogen) atoms. The highest BCUT2D eigenvalue weighted by atomic mass is 35.5. The molecular formula is C17H20ClNO2. The van der Waals surface area contributed by atoms with Crippen molar-refractivity contribution in [2.75, 3.05) is 7.11 Å². The predicted molar refractivity (Wildman–Crippen MR) is 88.1 cm³/mol. The lowest BCUT2D eigenvalue weighted by Crippen LogP contribution is -2.07. The van der Waals surface area contributed by atoms with Gasteiger partial charge in [-0.2, -0.15) is 0 Å². The lowest BCUT2D eigenvalue weighted by molar-refractivity contribution is 0.284. The van der Waals surface area contributed by atoms with Crippen LogP contribution in [-0.2, 0) is 6.61 Å². The zero-order chi connectivity index (χ0) is 14.4. The molecule has 0 radical (unpaired) electrons. The van der Waals surface area contributed by atoms with Gasteiger partial charge in [0.1, 0.15) is 6.61 Å². The fraction of sp³-hybridized carbons (Fsp3) is 0.176. The number of hydrogen-bond acceptors (Lipinski definition) is 3. The Balaban J connectivity index is 0.00000220. The predicted octanol–water partition coefficient (Wildman–Crippen LogP) is 3.88. The molecule has 0 saturated carbocycles. The molecule has 0 fully saturated rings. The largest absolute Gasteiger partial charge is 0.493 e. The zero-order valence-corrected chi connectivity index (χ0v) is 12.8. The number of nitrogens with two attached hydrogens (primary N) is 1. The van der Waals surface area contributed by atoms with E-state index in [1.54, 1.807) is 13.2 Å². The van der Waals surface area contributed by atoms with Crippen molar-refractivity contribution in [1.82, 2.24) is 0 Å². The average Bonchev–Trinajstić information content (AvgIpc) is 2.52.